The van der Waals surface area contributed by atoms with E-state index in [-0.39, 0.29) is 32.1 Å². The SMILES string of the molecule is CC/C=C\C/C=C\C/C=C\C/C=C\CCC(=O)NC(COP(=O)(O)OCCN)C(O)CCCCCCCCCCCC. The third kappa shape index (κ3) is 27.3. The van der Waals surface area contributed by atoms with E-state index in [4.69, 9.17) is 14.8 Å². The summed E-state index contributed by atoms with van der Waals surface area (Å²) < 4.78 is 21.9. The Balaban J connectivity index is 4.49. The molecule has 0 aliphatic carbocycles. The van der Waals surface area contributed by atoms with Gasteiger partial charge in [0.05, 0.1) is 25.4 Å². The maximum atomic E-state index is 12.6. The van der Waals surface area contributed by atoms with Crippen LogP contribution < -0.4 is 11.1 Å². The van der Waals surface area contributed by atoms with Gasteiger partial charge in [-0.2, -0.15) is 0 Å². The normalized spacial score (nSPS) is 15.3. The van der Waals surface area contributed by atoms with Gasteiger partial charge in [0, 0.05) is 13.0 Å². The first-order chi connectivity index (χ1) is 20.4. The van der Waals surface area contributed by atoms with Gasteiger partial charge in [-0.15, -0.1) is 0 Å². The van der Waals surface area contributed by atoms with Crippen LogP contribution in [0.2, 0.25) is 0 Å². The van der Waals surface area contributed by atoms with Crippen molar-refractivity contribution in [2.24, 2.45) is 5.73 Å². The standard InChI is InChI=1S/C33H61N2O6P/c1-3-5-7-9-11-13-15-16-17-19-21-23-25-27-33(37)35-31(30-41-42(38,39)40-29-28-34)32(36)26-24-22-20-18-14-12-10-8-6-4-2/h5,7,11,13,16-17,21,23,31-32,36H,3-4,6,8-10,12,14-15,18-20,22,24-30,34H2,1-2H3,(H,35,37)(H,38,39)/b7-5-,13-11-,17-16-,23-21-. The monoisotopic (exact) mass is 612 g/mol. The summed E-state index contributed by atoms with van der Waals surface area (Å²) in [5, 5.41) is 13.6. The molecule has 5 N–H and O–H groups in total. The Morgan fingerprint density at radius 2 is 1.33 bits per heavy atom. The van der Waals surface area contributed by atoms with Crippen LogP contribution in [0.15, 0.2) is 48.6 Å². The molecule has 0 saturated heterocycles. The second kappa shape index (κ2) is 29.5. The van der Waals surface area contributed by atoms with E-state index < -0.39 is 20.0 Å². The number of aliphatic hydroxyl groups excluding tert-OH is 1. The topological polar surface area (TPSA) is 131 Å². The Kier molecular flexibility index (Phi) is 28.4. The highest BCUT2D eigenvalue weighted by atomic mass is 31.2. The van der Waals surface area contributed by atoms with Gasteiger partial charge in [0.1, 0.15) is 0 Å². The van der Waals surface area contributed by atoms with E-state index in [0.717, 1.165) is 44.9 Å². The van der Waals surface area contributed by atoms with Crippen molar-refractivity contribution in [1.82, 2.24) is 5.32 Å². The molecule has 1 amide bonds. The van der Waals surface area contributed by atoms with Gasteiger partial charge in [-0.1, -0.05) is 127 Å². The van der Waals surface area contributed by atoms with Crippen molar-refractivity contribution in [3.8, 4) is 0 Å². The predicted octanol–water partition coefficient (Wildman–Crippen LogP) is 7.82. The molecule has 8 nitrogen and oxygen atoms in total. The zero-order valence-electron chi connectivity index (χ0n) is 26.5. The van der Waals surface area contributed by atoms with Crippen LogP contribution in [-0.2, 0) is 18.4 Å². The first-order valence-corrected chi connectivity index (χ1v) is 17.7. The number of phosphoric acid groups is 1. The van der Waals surface area contributed by atoms with Crippen LogP contribution in [0.4, 0.5) is 0 Å². The Morgan fingerprint density at radius 1 is 0.810 bits per heavy atom. The molecule has 0 fully saturated rings. The Hall–Kier alpha value is -1.54. The van der Waals surface area contributed by atoms with Gasteiger partial charge >= 0.3 is 7.82 Å². The number of aliphatic hydroxyl groups is 1. The van der Waals surface area contributed by atoms with Crippen molar-refractivity contribution < 1.29 is 28.4 Å². The molecule has 0 heterocycles. The van der Waals surface area contributed by atoms with Crippen LogP contribution in [0, 0.1) is 0 Å². The van der Waals surface area contributed by atoms with E-state index in [1.54, 1.807) is 0 Å². The molecule has 3 unspecified atom stereocenters. The lowest BCUT2D eigenvalue weighted by Gasteiger charge is -2.25. The molecule has 0 saturated carbocycles. The zero-order valence-corrected chi connectivity index (χ0v) is 27.4. The fourth-order valence-electron chi connectivity index (χ4n) is 4.26. The average molecular weight is 613 g/mol. The third-order valence-electron chi connectivity index (χ3n) is 6.71. The summed E-state index contributed by atoms with van der Waals surface area (Å²) in [6, 6.07) is -0.810. The van der Waals surface area contributed by atoms with Crippen molar-refractivity contribution in [3.05, 3.63) is 48.6 Å². The number of phosphoric ester groups is 1. The fraction of sp³-hybridized carbons (Fsp3) is 0.727. The summed E-state index contributed by atoms with van der Waals surface area (Å²) >= 11 is 0. The van der Waals surface area contributed by atoms with E-state index in [1.165, 1.54) is 44.9 Å². The van der Waals surface area contributed by atoms with E-state index in [9.17, 15) is 19.4 Å². The van der Waals surface area contributed by atoms with Crippen LogP contribution in [-0.4, -0.2) is 47.8 Å². The minimum absolute atomic E-state index is 0.0761. The molecule has 0 radical (unpaired) electrons. The molecule has 9 heteroatoms. The number of nitrogens with one attached hydrogen (secondary N) is 1. The summed E-state index contributed by atoms with van der Waals surface area (Å²) in [5.41, 5.74) is 5.33. The van der Waals surface area contributed by atoms with Gasteiger partial charge in [-0.25, -0.2) is 4.57 Å². The molecule has 0 aromatic heterocycles. The Bertz CT molecular complexity index is 799. The van der Waals surface area contributed by atoms with Crippen LogP contribution in [0.1, 0.15) is 123 Å². The minimum atomic E-state index is -4.32. The number of carbonyl (C=O) groups excluding carboxylic acids is 1. The van der Waals surface area contributed by atoms with Gasteiger partial charge in [-0.05, 0) is 38.5 Å². The number of nitrogens with two attached hydrogens (primary N) is 1. The minimum Gasteiger partial charge on any atom is -0.391 e. The number of unbranched alkanes of at least 4 members (excludes halogenated alkanes) is 9. The lowest BCUT2D eigenvalue weighted by atomic mass is 10.0. The number of hydrogen-bond donors (Lipinski definition) is 4. The maximum absolute atomic E-state index is 12.6. The highest BCUT2D eigenvalue weighted by molar-refractivity contribution is 7.47. The molecule has 42 heavy (non-hydrogen) atoms. The van der Waals surface area contributed by atoms with Crippen molar-refractivity contribution in [1.29, 1.82) is 0 Å². The first kappa shape index (κ1) is 40.5. The van der Waals surface area contributed by atoms with Crippen molar-refractivity contribution in [3.63, 3.8) is 0 Å². The van der Waals surface area contributed by atoms with E-state index >= 15 is 0 Å². The lowest BCUT2D eigenvalue weighted by molar-refractivity contribution is -0.123. The summed E-state index contributed by atoms with van der Waals surface area (Å²) in [6.07, 6.45) is 32.8. The van der Waals surface area contributed by atoms with Crippen LogP contribution >= 0.6 is 7.82 Å². The molecular formula is C33H61N2O6P. The van der Waals surface area contributed by atoms with Gasteiger partial charge < -0.3 is 21.1 Å². The molecule has 0 aliphatic heterocycles. The molecular weight excluding hydrogens is 551 g/mol. The highest BCUT2D eigenvalue weighted by Gasteiger charge is 2.27. The average Bonchev–Trinajstić information content (AvgIpc) is 2.97. The van der Waals surface area contributed by atoms with Crippen LogP contribution in [0.5, 0.6) is 0 Å². The van der Waals surface area contributed by atoms with Crippen molar-refractivity contribution in [2.45, 2.75) is 135 Å². The van der Waals surface area contributed by atoms with E-state index in [2.05, 4.69) is 55.6 Å². The quantitative estimate of drug-likeness (QED) is 0.0385. The number of carbonyl (C=O) groups is 1. The van der Waals surface area contributed by atoms with Crippen LogP contribution in [0.25, 0.3) is 0 Å². The number of rotatable bonds is 29. The van der Waals surface area contributed by atoms with E-state index in [1.807, 2.05) is 12.2 Å². The molecule has 0 aliphatic rings. The van der Waals surface area contributed by atoms with Crippen molar-refractivity contribution >= 4 is 13.7 Å². The van der Waals surface area contributed by atoms with Gasteiger partial charge in [0.15, 0.2) is 0 Å². The Labute approximate surface area is 256 Å². The summed E-state index contributed by atoms with van der Waals surface area (Å²) in [6.45, 7) is 3.97. The lowest BCUT2D eigenvalue weighted by Crippen LogP contribution is -2.46. The largest absolute Gasteiger partial charge is 0.472 e. The number of hydrogen-bond acceptors (Lipinski definition) is 6. The molecule has 244 valence electrons. The predicted molar refractivity (Wildman–Crippen MR) is 175 cm³/mol. The van der Waals surface area contributed by atoms with Gasteiger partial charge in [0.2, 0.25) is 5.91 Å². The number of allylic oxidation sites excluding steroid dienone is 8. The summed E-state index contributed by atoms with van der Waals surface area (Å²) in [7, 11) is -4.32. The van der Waals surface area contributed by atoms with Gasteiger partial charge in [0.25, 0.3) is 0 Å². The molecule has 0 aromatic rings. The maximum Gasteiger partial charge on any atom is 0.472 e. The summed E-state index contributed by atoms with van der Waals surface area (Å²) in [4.78, 5) is 22.4. The van der Waals surface area contributed by atoms with E-state index in [0.29, 0.717) is 12.8 Å². The molecule has 0 spiro atoms. The smallest absolute Gasteiger partial charge is 0.391 e. The molecule has 0 aromatic carbocycles. The second-order valence-corrected chi connectivity index (χ2v) is 12.1. The Morgan fingerprint density at radius 3 is 1.88 bits per heavy atom. The second-order valence-electron chi connectivity index (χ2n) is 10.6. The number of amides is 1. The fourth-order valence-corrected chi connectivity index (χ4v) is 5.02. The third-order valence-corrected chi connectivity index (χ3v) is 7.69. The first-order valence-electron chi connectivity index (χ1n) is 16.3. The molecule has 0 rings (SSSR count). The van der Waals surface area contributed by atoms with Crippen LogP contribution in [0.3, 0.4) is 0 Å². The summed E-state index contributed by atoms with van der Waals surface area (Å²) in [5.74, 6) is -0.246. The highest BCUT2D eigenvalue weighted by Crippen LogP contribution is 2.43. The van der Waals surface area contributed by atoms with Crippen molar-refractivity contribution in [2.75, 3.05) is 19.8 Å². The van der Waals surface area contributed by atoms with Gasteiger partial charge in [-0.3, -0.25) is 13.8 Å². The molecule has 0 bridgehead atoms. The zero-order chi connectivity index (χ0) is 31.2. The molecule has 3 atom stereocenters.